The first-order valence-corrected chi connectivity index (χ1v) is 3.87. The summed E-state index contributed by atoms with van der Waals surface area (Å²) in [5.74, 6) is 0.464. The van der Waals surface area contributed by atoms with Crippen LogP contribution in [0.2, 0.25) is 0 Å². The van der Waals surface area contributed by atoms with Crippen LogP contribution in [0.5, 0.6) is 0 Å². The minimum atomic E-state index is -0.798. The second kappa shape index (κ2) is 2.37. The number of carboxylic acid groups (broad SMARTS) is 1. The highest BCUT2D eigenvalue weighted by Crippen LogP contribution is 2.28. The third-order valence-corrected chi connectivity index (χ3v) is 2.38. The zero-order valence-corrected chi connectivity index (χ0v) is 6.19. The maximum absolute atomic E-state index is 10.5. The Morgan fingerprint density at radius 1 is 1.64 bits per heavy atom. The molecule has 4 heteroatoms. The fraction of sp³-hybridized carbons (Fsp3) is 0.857. The Hall–Kier alpha value is -0.770. The molecule has 2 aliphatic rings. The second-order valence-electron chi connectivity index (χ2n) is 3.15. The Morgan fingerprint density at radius 2 is 2.36 bits per heavy atom. The van der Waals surface area contributed by atoms with E-state index in [9.17, 15) is 4.79 Å². The van der Waals surface area contributed by atoms with E-state index in [0.717, 1.165) is 13.0 Å². The molecule has 0 aromatic heterocycles. The predicted octanol–water partition coefficient (Wildman–Crippen LogP) is 0.385. The highest BCUT2D eigenvalue weighted by Gasteiger charge is 2.38. The van der Waals surface area contributed by atoms with E-state index in [1.807, 2.05) is 0 Å². The molecule has 0 aliphatic carbocycles. The van der Waals surface area contributed by atoms with Crippen LogP contribution in [0.15, 0.2) is 0 Å². The second-order valence-corrected chi connectivity index (χ2v) is 3.15. The van der Waals surface area contributed by atoms with Crippen LogP contribution in [-0.2, 0) is 4.74 Å². The van der Waals surface area contributed by atoms with Crippen molar-refractivity contribution in [3.8, 4) is 0 Å². The monoisotopic (exact) mass is 157 g/mol. The lowest BCUT2D eigenvalue weighted by atomic mass is 10.1. The first-order valence-electron chi connectivity index (χ1n) is 3.87. The molecule has 2 heterocycles. The van der Waals surface area contributed by atoms with Crippen molar-refractivity contribution in [3.63, 3.8) is 0 Å². The van der Waals surface area contributed by atoms with Gasteiger partial charge in [-0.1, -0.05) is 0 Å². The maximum Gasteiger partial charge on any atom is 0.407 e. The van der Waals surface area contributed by atoms with E-state index in [2.05, 4.69) is 0 Å². The van der Waals surface area contributed by atoms with E-state index in [4.69, 9.17) is 9.84 Å². The van der Waals surface area contributed by atoms with Gasteiger partial charge in [0.05, 0.1) is 12.7 Å². The molecule has 0 unspecified atom stereocenters. The molecule has 4 nitrogen and oxygen atoms in total. The number of carbonyl (C=O) groups is 1. The number of hydrogen-bond donors (Lipinski definition) is 1. The Labute approximate surface area is 64.7 Å². The molecule has 1 amide bonds. The Morgan fingerprint density at radius 3 is 2.82 bits per heavy atom. The molecule has 11 heavy (non-hydrogen) atoms. The van der Waals surface area contributed by atoms with Gasteiger partial charge in [0.1, 0.15) is 0 Å². The third-order valence-electron chi connectivity index (χ3n) is 2.38. The van der Waals surface area contributed by atoms with Crippen LogP contribution in [0.1, 0.15) is 6.42 Å². The summed E-state index contributed by atoms with van der Waals surface area (Å²) in [6.45, 7) is 2.18. The van der Waals surface area contributed by atoms with Crippen molar-refractivity contribution in [3.05, 3.63) is 0 Å². The molecule has 0 bridgehead atoms. The van der Waals surface area contributed by atoms with Gasteiger partial charge in [0.15, 0.2) is 0 Å². The molecular weight excluding hydrogens is 146 g/mol. The van der Waals surface area contributed by atoms with Crippen LogP contribution >= 0.6 is 0 Å². The fourth-order valence-corrected chi connectivity index (χ4v) is 1.59. The molecular formula is C7H11NO3. The van der Waals surface area contributed by atoms with Gasteiger partial charge in [-0.15, -0.1) is 0 Å². The van der Waals surface area contributed by atoms with Gasteiger partial charge in [-0.05, 0) is 6.42 Å². The molecule has 2 fully saturated rings. The summed E-state index contributed by atoms with van der Waals surface area (Å²) in [5, 5.41) is 8.62. The lowest BCUT2D eigenvalue weighted by molar-refractivity contribution is 0.153. The number of ether oxygens (including phenoxy) is 1. The summed E-state index contributed by atoms with van der Waals surface area (Å²) in [7, 11) is 0. The van der Waals surface area contributed by atoms with Crippen LogP contribution in [0, 0.1) is 5.92 Å². The van der Waals surface area contributed by atoms with Crippen LogP contribution in [0.4, 0.5) is 4.79 Å². The summed E-state index contributed by atoms with van der Waals surface area (Å²) < 4.78 is 5.10. The lowest BCUT2D eigenvalue weighted by Gasteiger charge is -2.10. The largest absolute Gasteiger partial charge is 0.465 e. The van der Waals surface area contributed by atoms with Crippen molar-refractivity contribution >= 4 is 6.09 Å². The summed E-state index contributed by atoms with van der Waals surface area (Å²) in [6, 6.07) is 0. The van der Waals surface area contributed by atoms with Crippen molar-refractivity contribution in [2.75, 3.05) is 19.7 Å². The minimum absolute atomic E-state index is 0.361. The molecule has 0 radical (unpaired) electrons. The summed E-state index contributed by atoms with van der Waals surface area (Å²) in [6.07, 6.45) is 0.532. The van der Waals surface area contributed by atoms with Gasteiger partial charge >= 0.3 is 6.09 Å². The van der Waals surface area contributed by atoms with Crippen molar-refractivity contribution in [2.45, 2.75) is 12.5 Å². The normalized spacial score (nSPS) is 35.8. The van der Waals surface area contributed by atoms with E-state index in [1.54, 1.807) is 0 Å². The number of nitrogens with zero attached hydrogens (tertiary/aromatic N) is 1. The van der Waals surface area contributed by atoms with Gasteiger partial charge in [0, 0.05) is 19.0 Å². The number of epoxide rings is 1. The van der Waals surface area contributed by atoms with Crippen molar-refractivity contribution in [1.29, 1.82) is 0 Å². The smallest absolute Gasteiger partial charge is 0.407 e. The van der Waals surface area contributed by atoms with Gasteiger partial charge in [-0.2, -0.15) is 0 Å². The Balaban J connectivity index is 1.87. The topological polar surface area (TPSA) is 53.1 Å². The molecule has 62 valence electrons. The first-order chi connectivity index (χ1) is 5.27. The quantitative estimate of drug-likeness (QED) is 0.560. The lowest BCUT2D eigenvalue weighted by Crippen LogP contribution is -2.27. The van der Waals surface area contributed by atoms with E-state index in [0.29, 0.717) is 25.1 Å². The van der Waals surface area contributed by atoms with Crippen LogP contribution in [0.3, 0.4) is 0 Å². The summed E-state index contributed by atoms with van der Waals surface area (Å²) in [5.41, 5.74) is 0. The van der Waals surface area contributed by atoms with Gasteiger partial charge in [-0.25, -0.2) is 4.79 Å². The number of likely N-dealkylation sites (tertiary alicyclic amines) is 1. The molecule has 0 aromatic rings. The molecule has 0 aromatic carbocycles. The van der Waals surface area contributed by atoms with E-state index >= 15 is 0 Å². The molecule has 2 rings (SSSR count). The number of rotatable bonds is 1. The van der Waals surface area contributed by atoms with Crippen LogP contribution < -0.4 is 0 Å². The molecule has 2 atom stereocenters. The minimum Gasteiger partial charge on any atom is -0.465 e. The molecule has 0 saturated carbocycles. The molecule has 2 saturated heterocycles. The molecule has 2 aliphatic heterocycles. The number of hydrogen-bond acceptors (Lipinski definition) is 2. The zero-order chi connectivity index (χ0) is 7.84. The Bertz CT molecular complexity index is 179. The molecule has 1 N–H and O–H groups in total. The SMILES string of the molecule is O=C(O)N1CC[C@H]([C@@H]2CO2)C1. The predicted molar refractivity (Wildman–Crippen MR) is 37.4 cm³/mol. The number of amides is 1. The maximum atomic E-state index is 10.5. The Kier molecular flexibility index (Phi) is 1.49. The fourth-order valence-electron chi connectivity index (χ4n) is 1.59. The standard InChI is InChI=1S/C7H11NO3/c9-7(10)8-2-1-5(3-8)6-4-11-6/h5-6H,1-4H2,(H,9,10)/t5-,6-/m0/s1. The van der Waals surface area contributed by atoms with Gasteiger partial charge in [0.2, 0.25) is 0 Å². The van der Waals surface area contributed by atoms with Crippen molar-refractivity contribution < 1.29 is 14.6 Å². The van der Waals surface area contributed by atoms with Crippen LogP contribution in [-0.4, -0.2) is 41.9 Å². The zero-order valence-electron chi connectivity index (χ0n) is 6.19. The van der Waals surface area contributed by atoms with Crippen molar-refractivity contribution in [2.24, 2.45) is 5.92 Å². The first kappa shape index (κ1) is 6.91. The average Bonchev–Trinajstić information content (AvgIpc) is 2.68. The third kappa shape index (κ3) is 1.30. The summed E-state index contributed by atoms with van der Waals surface area (Å²) in [4.78, 5) is 11.9. The van der Waals surface area contributed by atoms with Gasteiger partial charge in [-0.3, -0.25) is 0 Å². The van der Waals surface area contributed by atoms with Gasteiger partial charge in [0.25, 0.3) is 0 Å². The molecule has 0 spiro atoms. The van der Waals surface area contributed by atoms with E-state index < -0.39 is 6.09 Å². The van der Waals surface area contributed by atoms with E-state index in [-0.39, 0.29) is 0 Å². The average molecular weight is 157 g/mol. The van der Waals surface area contributed by atoms with E-state index in [1.165, 1.54) is 4.90 Å². The highest BCUT2D eigenvalue weighted by atomic mass is 16.6. The van der Waals surface area contributed by atoms with Gasteiger partial charge < -0.3 is 14.7 Å². The highest BCUT2D eigenvalue weighted by molar-refractivity contribution is 5.65. The summed E-state index contributed by atoms with van der Waals surface area (Å²) >= 11 is 0. The van der Waals surface area contributed by atoms with Crippen LogP contribution in [0.25, 0.3) is 0 Å². The van der Waals surface area contributed by atoms with Crippen molar-refractivity contribution in [1.82, 2.24) is 4.90 Å².